The number of hydrazine groups is 2. The van der Waals surface area contributed by atoms with Gasteiger partial charge in [0, 0.05) is 16.7 Å². The van der Waals surface area contributed by atoms with Crippen LogP contribution in [0.25, 0.3) is 22.9 Å². The molecule has 450 valence electrons. The highest BCUT2D eigenvalue weighted by Crippen LogP contribution is 2.33. The van der Waals surface area contributed by atoms with Crippen molar-refractivity contribution in [2.45, 2.75) is 58.6 Å². The highest BCUT2D eigenvalue weighted by molar-refractivity contribution is 6.00. The molecule has 0 aliphatic carbocycles. The number of nitrogen functional groups attached to an aromatic ring is 1. The van der Waals surface area contributed by atoms with E-state index in [2.05, 4.69) is 45.6 Å². The molecule has 6 N–H and O–H groups in total. The zero-order chi connectivity index (χ0) is 63.1. The SMILES string of the molecule is Cc1nocc1-c1nnc(-c2ccccc2Cc2ccc(C(F)(F)F)cc2)o1.Cc1nocc1C(=O)NNC(=O)c1ccccc1Cc1ccc(C(F)(F)F)cc1.Cc1nocc1C(=O)O.NNC(=O)c1ccccc1Cc1ccc(C(F)(F)F)cc1. The van der Waals surface area contributed by atoms with Gasteiger partial charge < -0.3 is 23.1 Å². The molecule has 10 aromatic rings. The van der Waals surface area contributed by atoms with Gasteiger partial charge in [0.05, 0.1) is 33.8 Å². The van der Waals surface area contributed by atoms with Gasteiger partial charge in [-0.15, -0.1) is 10.2 Å². The molecule has 4 aromatic heterocycles. The van der Waals surface area contributed by atoms with Gasteiger partial charge in [-0.3, -0.25) is 30.7 Å². The minimum atomic E-state index is -4.41. The number of aromatic carboxylic acids is 1. The number of nitrogens with two attached hydrogens (primary N) is 1. The van der Waals surface area contributed by atoms with Crippen molar-refractivity contribution in [1.29, 1.82) is 0 Å². The Morgan fingerprint density at radius 2 is 0.793 bits per heavy atom. The normalized spacial score (nSPS) is 11.2. The molecule has 0 aliphatic rings. The van der Waals surface area contributed by atoms with Crippen molar-refractivity contribution in [3.63, 3.8) is 0 Å². The maximum atomic E-state index is 12.7. The fourth-order valence-corrected chi connectivity index (χ4v) is 8.04. The number of hydrogen-bond donors (Lipinski definition) is 5. The topological polar surface area (TPSA) is 268 Å². The molecule has 6 aromatic carbocycles. The smallest absolute Gasteiger partial charge is 0.416 e. The lowest BCUT2D eigenvalue weighted by atomic mass is 9.98. The van der Waals surface area contributed by atoms with Crippen LogP contribution in [0.3, 0.4) is 0 Å². The summed E-state index contributed by atoms with van der Waals surface area (Å²) in [6.45, 7) is 4.92. The van der Waals surface area contributed by atoms with Crippen molar-refractivity contribution < 1.29 is 81.8 Å². The van der Waals surface area contributed by atoms with Gasteiger partial charge in [-0.2, -0.15) is 39.5 Å². The van der Waals surface area contributed by atoms with E-state index in [1.807, 2.05) is 29.7 Å². The van der Waals surface area contributed by atoms with E-state index < -0.39 is 58.9 Å². The molecule has 10 rings (SSSR count). The summed E-state index contributed by atoms with van der Waals surface area (Å²) < 4.78 is 134. The Hall–Kier alpha value is -10.7. The predicted molar refractivity (Wildman–Crippen MR) is 292 cm³/mol. The lowest BCUT2D eigenvalue weighted by Crippen LogP contribution is -2.42. The highest BCUT2D eigenvalue weighted by Gasteiger charge is 2.32. The second-order valence-electron chi connectivity index (χ2n) is 18.6. The molecule has 0 fully saturated rings. The minimum Gasteiger partial charge on any atom is -0.478 e. The molecule has 0 spiro atoms. The van der Waals surface area contributed by atoms with Gasteiger partial charge in [0.1, 0.15) is 35.5 Å². The lowest BCUT2D eigenvalue weighted by Gasteiger charge is -2.12. The summed E-state index contributed by atoms with van der Waals surface area (Å²) in [6.07, 6.45) is -8.38. The quantitative estimate of drug-likeness (QED) is 0.0329. The van der Waals surface area contributed by atoms with Gasteiger partial charge in [-0.1, -0.05) is 106 Å². The number of rotatable bonds is 12. The summed E-state index contributed by atoms with van der Waals surface area (Å²) in [5, 5.41) is 27.3. The van der Waals surface area contributed by atoms with E-state index >= 15 is 0 Å². The lowest BCUT2D eigenvalue weighted by molar-refractivity contribution is -0.138. The molecule has 27 heteroatoms. The number of benzene rings is 6. The first-order chi connectivity index (χ1) is 41.3. The first kappa shape index (κ1) is 63.9. The van der Waals surface area contributed by atoms with Gasteiger partial charge >= 0.3 is 24.5 Å². The van der Waals surface area contributed by atoms with Gasteiger partial charge in [0.15, 0.2) is 0 Å². The van der Waals surface area contributed by atoms with E-state index in [9.17, 15) is 58.7 Å². The molecule has 0 saturated heterocycles. The summed E-state index contributed by atoms with van der Waals surface area (Å²) in [5.74, 6) is 3.13. The number of aromatic nitrogens is 5. The monoisotopic (exact) mass is 1210 g/mol. The van der Waals surface area contributed by atoms with Gasteiger partial charge in [-0.25, -0.2) is 10.6 Å². The Morgan fingerprint density at radius 3 is 1.17 bits per heavy atom. The average molecular weight is 1210 g/mol. The van der Waals surface area contributed by atoms with E-state index in [1.165, 1.54) is 42.7 Å². The van der Waals surface area contributed by atoms with E-state index in [1.54, 1.807) is 69.3 Å². The summed E-state index contributed by atoms with van der Waals surface area (Å²) in [6, 6.07) is 35.5. The molecule has 0 saturated carbocycles. The Balaban J connectivity index is 0.000000175. The van der Waals surface area contributed by atoms with Gasteiger partial charge in [0.2, 0.25) is 5.89 Å². The number of aryl methyl sites for hydroxylation is 3. The molecule has 3 amide bonds. The zero-order valence-electron chi connectivity index (χ0n) is 45.6. The van der Waals surface area contributed by atoms with Crippen molar-refractivity contribution in [2.24, 2.45) is 5.84 Å². The maximum absolute atomic E-state index is 12.7. The van der Waals surface area contributed by atoms with E-state index in [-0.39, 0.29) is 29.0 Å². The summed E-state index contributed by atoms with van der Waals surface area (Å²) in [5.41, 5.74) is 12.5. The minimum absolute atomic E-state index is 0.120. The third kappa shape index (κ3) is 17.4. The molecule has 0 atom stereocenters. The van der Waals surface area contributed by atoms with Crippen LogP contribution in [0.1, 0.15) is 109 Å². The van der Waals surface area contributed by atoms with E-state index in [4.69, 9.17) is 19.9 Å². The van der Waals surface area contributed by atoms with Crippen molar-refractivity contribution in [3.8, 4) is 22.9 Å². The number of carbonyl (C=O) groups excluding carboxylic acids is 3. The van der Waals surface area contributed by atoms with Crippen LogP contribution >= 0.6 is 0 Å². The second-order valence-corrected chi connectivity index (χ2v) is 18.6. The molecular formula is C60H48F9N9O9. The van der Waals surface area contributed by atoms with Crippen molar-refractivity contribution >= 4 is 23.7 Å². The number of nitrogens with one attached hydrogen (secondary N) is 3. The summed E-state index contributed by atoms with van der Waals surface area (Å²) >= 11 is 0. The van der Waals surface area contributed by atoms with Crippen LogP contribution in [0.4, 0.5) is 39.5 Å². The molecule has 0 radical (unpaired) electrons. The van der Waals surface area contributed by atoms with Crippen LogP contribution in [0, 0.1) is 20.8 Å². The number of alkyl halides is 9. The van der Waals surface area contributed by atoms with E-state index in [0.717, 1.165) is 65.6 Å². The maximum Gasteiger partial charge on any atom is 0.416 e. The average Bonchev–Trinajstić information content (AvgIpc) is 4.55. The second kappa shape index (κ2) is 28.3. The number of nitrogens with zero attached hydrogens (tertiary/aromatic N) is 5. The predicted octanol–water partition coefficient (Wildman–Crippen LogP) is 12.6. The largest absolute Gasteiger partial charge is 0.478 e. The Labute approximate surface area is 487 Å². The first-order valence-corrected chi connectivity index (χ1v) is 25.4. The van der Waals surface area contributed by atoms with Gasteiger partial charge in [-0.05, 0) is 128 Å². The molecule has 0 bridgehead atoms. The van der Waals surface area contributed by atoms with Crippen LogP contribution < -0.4 is 22.1 Å². The highest BCUT2D eigenvalue weighted by atomic mass is 19.4. The van der Waals surface area contributed by atoms with Crippen LogP contribution in [0.2, 0.25) is 0 Å². The zero-order valence-corrected chi connectivity index (χ0v) is 45.6. The number of amides is 3. The number of carboxylic acid groups (broad SMARTS) is 1. The molecule has 4 heterocycles. The third-order valence-corrected chi connectivity index (χ3v) is 12.6. The van der Waals surface area contributed by atoms with Crippen molar-refractivity contribution in [2.75, 3.05) is 0 Å². The number of halogens is 9. The number of carbonyl (C=O) groups is 4. The molecule has 0 unspecified atom stereocenters. The van der Waals surface area contributed by atoms with Crippen LogP contribution in [-0.4, -0.2) is 54.5 Å². The van der Waals surface area contributed by atoms with Crippen molar-refractivity contribution in [1.82, 2.24) is 41.9 Å². The Bertz CT molecular complexity index is 3950. The molecule has 0 aliphatic heterocycles. The first-order valence-electron chi connectivity index (χ1n) is 25.4. The number of carboxylic acids is 1. The van der Waals surface area contributed by atoms with Crippen LogP contribution in [-0.2, 0) is 37.8 Å². The standard InChI is InChI=1S/C20H16F3N3O3.C20H14F3N3O2.C15H13F3N2O.C5H5NO3/c1-12-17(11-29-26-12)19(28)25-24-18(27)16-5-3-2-4-14(16)10-13-6-8-15(9-7-13)20(21,22)23;1-12-17(11-27-26-12)19-25-24-18(28-19)16-5-3-2-4-14(16)10-13-6-8-15(9-7-13)20(21,22)23;16-15(17,18)12-7-5-10(6-8-12)9-11-3-1-2-4-13(11)14(21)20-19;1-3-4(5(7)8)2-9-6-3/h2-9,11H,10H2,1H3,(H,24,27)(H,25,28);2-9,11H,10H2,1H3;1-8H,9,19H2,(H,20,21);2H,1H3,(H,7,8). The fourth-order valence-electron chi connectivity index (χ4n) is 8.04. The molecule has 87 heavy (non-hydrogen) atoms. The Morgan fingerprint density at radius 1 is 0.437 bits per heavy atom. The number of hydrogen-bond acceptors (Lipinski definition) is 14. The van der Waals surface area contributed by atoms with Gasteiger partial charge in [0.25, 0.3) is 23.6 Å². The molecular weight excluding hydrogens is 1160 g/mol. The fraction of sp³-hybridized carbons (Fsp3) is 0.150. The van der Waals surface area contributed by atoms with Crippen molar-refractivity contribution in [3.05, 3.63) is 254 Å². The van der Waals surface area contributed by atoms with E-state index in [0.29, 0.717) is 69.2 Å². The summed E-state index contributed by atoms with van der Waals surface area (Å²) in [7, 11) is 0. The third-order valence-electron chi connectivity index (χ3n) is 12.6. The van der Waals surface area contributed by atoms with Crippen LogP contribution in [0.15, 0.2) is 182 Å². The summed E-state index contributed by atoms with van der Waals surface area (Å²) in [4.78, 5) is 46.3. The molecule has 18 nitrogen and oxygen atoms in total. The Kier molecular flexibility index (Phi) is 20.7. The van der Waals surface area contributed by atoms with Crippen LogP contribution in [0.5, 0.6) is 0 Å².